The van der Waals surface area contributed by atoms with Gasteiger partial charge in [-0.05, 0) is 58.8 Å². The highest BCUT2D eigenvalue weighted by molar-refractivity contribution is 7.15. The number of pyridine rings is 1. The molecule has 0 aromatic carbocycles. The first kappa shape index (κ1) is 19.1. The molecule has 7 heteroatoms. The second-order valence-electron chi connectivity index (χ2n) is 7.70. The topological polar surface area (TPSA) is 58.9 Å². The molecule has 1 saturated heterocycles. The van der Waals surface area contributed by atoms with Gasteiger partial charge in [-0.1, -0.05) is 6.07 Å². The molecule has 1 N–H and O–H groups in total. The third-order valence-corrected chi connectivity index (χ3v) is 6.54. The van der Waals surface area contributed by atoms with Crippen molar-refractivity contribution in [1.29, 1.82) is 0 Å². The fourth-order valence-electron chi connectivity index (χ4n) is 3.82. The van der Waals surface area contributed by atoms with Crippen LogP contribution in [0, 0.1) is 20.8 Å². The Morgan fingerprint density at radius 2 is 1.89 bits per heavy atom. The molecule has 148 valence electrons. The molecule has 0 atom stereocenters. The number of piperidine rings is 1. The monoisotopic (exact) mass is 396 g/mol. The van der Waals surface area contributed by atoms with Gasteiger partial charge in [-0.3, -0.25) is 9.58 Å². The van der Waals surface area contributed by atoms with Gasteiger partial charge in [0.05, 0.1) is 11.4 Å². The van der Waals surface area contributed by atoms with Gasteiger partial charge >= 0.3 is 0 Å². The van der Waals surface area contributed by atoms with Crippen molar-refractivity contribution in [3.63, 3.8) is 0 Å². The van der Waals surface area contributed by atoms with Gasteiger partial charge in [0.25, 0.3) is 0 Å². The average molecular weight is 397 g/mol. The molecule has 0 amide bonds. The van der Waals surface area contributed by atoms with Crippen LogP contribution < -0.4 is 5.32 Å². The molecule has 0 unspecified atom stereocenters. The molecule has 3 aromatic rings. The van der Waals surface area contributed by atoms with Crippen molar-refractivity contribution in [2.24, 2.45) is 7.05 Å². The van der Waals surface area contributed by atoms with Gasteiger partial charge in [-0.2, -0.15) is 5.10 Å². The van der Waals surface area contributed by atoms with E-state index in [0.717, 1.165) is 54.8 Å². The zero-order valence-corrected chi connectivity index (χ0v) is 17.9. The summed E-state index contributed by atoms with van der Waals surface area (Å²) < 4.78 is 1.91. The first-order chi connectivity index (χ1) is 13.5. The Morgan fingerprint density at radius 1 is 1.11 bits per heavy atom. The number of likely N-dealkylation sites (tertiary alicyclic amines) is 1. The van der Waals surface area contributed by atoms with Crippen LogP contribution in [0.4, 0.5) is 10.9 Å². The number of hydrogen-bond donors (Lipinski definition) is 1. The molecule has 0 radical (unpaired) electrons. The zero-order valence-electron chi connectivity index (χ0n) is 17.1. The van der Waals surface area contributed by atoms with Crippen molar-refractivity contribution >= 4 is 22.3 Å². The van der Waals surface area contributed by atoms with E-state index < -0.39 is 0 Å². The van der Waals surface area contributed by atoms with Gasteiger partial charge in [-0.15, -0.1) is 11.3 Å². The van der Waals surface area contributed by atoms with E-state index in [1.165, 1.54) is 16.1 Å². The molecule has 4 rings (SSSR count). The minimum atomic E-state index is 0.521. The van der Waals surface area contributed by atoms with E-state index in [-0.39, 0.29) is 0 Å². The minimum Gasteiger partial charge on any atom is -0.316 e. The number of aromatic nitrogens is 4. The van der Waals surface area contributed by atoms with E-state index in [4.69, 9.17) is 4.98 Å². The van der Waals surface area contributed by atoms with Crippen LogP contribution in [-0.2, 0) is 13.6 Å². The molecule has 6 nitrogen and oxygen atoms in total. The van der Waals surface area contributed by atoms with Gasteiger partial charge < -0.3 is 5.32 Å². The quantitative estimate of drug-likeness (QED) is 0.696. The third-order valence-electron chi connectivity index (χ3n) is 5.55. The first-order valence-corrected chi connectivity index (χ1v) is 10.7. The van der Waals surface area contributed by atoms with Crippen molar-refractivity contribution in [3.8, 4) is 0 Å². The minimum absolute atomic E-state index is 0.521. The summed E-state index contributed by atoms with van der Waals surface area (Å²) in [5.74, 6) is 1.41. The Hall–Kier alpha value is -2.25. The molecule has 0 spiro atoms. The lowest BCUT2D eigenvalue weighted by atomic mass is 9.93. The van der Waals surface area contributed by atoms with Crippen LogP contribution in [0.1, 0.15) is 46.3 Å². The predicted octanol–water partition coefficient (Wildman–Crippen LogP) is 4.32. The van der Waals surface area contributed by atoms with Gasteiger partial charge in [0, 0.05) is 41.8 Å². The smallest absolute Gasteiger partial charge is 0.188 e. The van der Waals surface area contributed by atoms with E-state index in [9.17, 15) is 0 Å². The van der Waals surface area contributed by atoms with Gasteiger partial charge in [0.15, 0.2) is 5.13 Å². The molecule has 1 fully saturated rings. The molecular weight excluding hydrogens is 368 g/mol. The standard InChI is InChI=1S/C21H28N6S/c1-14-16(3)28-21(22-14)24-20-7-5-6-19(23-20)17-8-10-27(11-9-17)13-18-12-26(4)25-15(18)2/h5-7,12,17H,8-11,13H2,1-4H3,(H,22,23,24). The van der Waals surface area contributed by atoms with Crippen molar-refractivity contribution < 1.29 is 0 Å². The largest absolute Gasteiger partial charge is 0.316 e. The highest BCUT2D eigenvalue weighted by atomic mass is 32.1. The van der Waals surface area contributed by atoms with E-state index in [2.05, 4.69) is 52.5 Å². The lowest BCUT2D eigenvalue weighted by molar-refractivity contribution is 0.203. The van der Waals surface area contributed by atoms with Crippen LogP contribution in [0.2, 0.25) is 0 Å². The van der Waals surface area contributed by atoms with E-state index in [1.54, 1.807) is 11.3 Å². The second-order valence-corrected chi connectivity index (χ2v) is 8.90. The molecule has 28 heavy (non-hydrogen) atoms. The Labute approximate surface area is 170 Å². The van der Waals surface area contributed by atoms with Crippen LogP contribution in [0.3, 0.4) is 0 Å². The predicted molar refractivity (Wildman–Crippen MR) is 114 cm³/mol. The highest BCUT2D eigenvalue weighted by Crippen LogP contribution is 2.30. The van der Waals surface area contributed by atoms with Crippen LogP contribution in [0.15, 0.2) is 24.4 Å². The Balaban J connectivity index is 1.37. The number of anilines is 2. The SMILES string of the molecule is Cc1nn(C)cc1CN1CCC(c2cccc(Nc3nc(C)c(C)s3)n2)CC1. The normalized spacial score (nSPS) is 15.9. The number of aryl methyl sites for hydroxylation is 4. The van der Waals surface area contributed by atoms with Crippen LogP contribution in [0.25, 0.3) is 0 Å². The fourth-order valence-corrected chi connectivity index (χ4v) is 4.64. The molecule has 3 aromatic heterocycles. The molecule has 1 aliphatic heterocycles. The van der Waals surface area contributed by atoms with Crippen molar-refractivity contribution in [1.82, 2.24) is 24.6 Å². The van der Waals surface area contributed by atoms with Crippen LogP contribution in [-0.4, -0.2) is 37.7 Å². The van der Waals surface area contributed by atoms with E-state index in [0.29, 0.717) is 5.92 Å². The summed E-state index contributed by atoms with van der Waals surface area (Å²) in [5.41, 5.74) is 4.74. The maximum absolute atomic E-state index is 4.88. The summed E-state index contributed by atoms with van der Waals surface area (Å²) in [7, 11) is 1.99. The summed E-state index contributed by atoms with van der Waals surface area (Å²) in [4.78, 5) is 13.2. The molecule has 1 aliphatic rings. The summed E-state index contributed by atoms with van der Waals surface area (Å²) in [6.07, 6.45) is 4.43. The maximum atomic E-state index is 4.88. The lowest BCUT2D eigenvalue weighted by Crippen LogP contribution is -2.32. The van der Waals surface area contributed by atoms with Gasteiger partial charge in [0.2, 0.25) is 0 Å². The second kappa shape index (κ2) is 8.01. The van der Waals surface area contributed by atoms with Crippen LogP contribution in [0.5, 0.6) is 0 Å². The molecule has 4 heterocycles. The Bertz CT molecular complexity index is 932. The van der Waals surface area contributed by atoms with Gasteiger partial charge in [-0.25, -0.2) is 9.97 Å². The number of hydrogen-bond acceptors (Lipinski definition) is 6. The summed E-state index contributed by atoms with van der Waals surface area (Å²) >= 11 is 1.68. The molecular formula is C21H28N6S. The third kappa shape index (κ3) is 4.25. The molecule has 0 aliphatic carbocycles. The zero-order chi connectivity index (χ0) is 19.7. The van der Waals surface area contributed by atoms with Crippen molar-refractivity contribution in [2.45, 2.75) is 46.1 Å². The average Bonchev–Trinajstić information content (AvgIpc) is 3.15. The van der Waals surface area contributed by atoms with Crippen LogP contribution >= 0.6 is 11.3 Å². The van der Waals surface area contributed by atoms with E-state index in [1.807, 2.05) is 24.7 Å². The maximum Gasteiger partial charge on any atom is 0.188 e. The Morgan fingerprint density at radius 3 is 2.54 bits per heavy atom. The summed E-state index contributed by atoms with van der Waals surface area (Å²) in [6.45, 7) is 9.43. The Kier molecular flexibility index (Phi) is 5.46. The summed E-state index contributed by atoms with van der Waals surface area (Å²) in [6, 6.07) is 6.29. The molecule has 0 saturated carbocycles. The van der Waals surface area contributed by atoms with E-state index >= 15 is 0 Å². The summed E-state index contributed by atoms with van der Waals surface area (Å²) in [5, 5.41) is 8.75. The molecule has 0 bridgehead atoms. The first-order valence-electron chi connectivity index (χ1n) is 9.87. The van der Waals surface area contributed by atoms with Crippen molar-refractivity contribution in [3.05, 3.63) is 51.9 Å². The van der Waals surface area contributed by atoms with Gasteiger partial charge in [0.1, 0.15) is 5.82 Å². The number of nitrogens with zero attached hydrogens (tertiary/aromatic N) is 5. The number of rotatable bonds is 5. The number of thiazole rings is 1. The lowest BCUT2D eigenvalue weighted by Gasteiger charge is -2.31. The van der Waals surface area contributed by atoms with Crippen molar-refractivity contribution in [2.75, 3.05) is 18.4 Å². The highest BCUT2D eigenvalue weighted by Gasteiger charge is 2.22. The fraction of sp³-hybridized carbons (Fsp3) is 0.476. The number of nitrogens with one attached hydrogen (secondary N) is 1.